The Morgan fingerprint density at radius 2 is 2.00 bits per heavy atom. The summed E-state index contributed by atoms with van der Waals surface area (Å²) in [5.74, 6) is 0.365. The minimum absolute atomic E-state index is 0.0304. The van der Waals surface area contributed by atoms with Crippen molar-refractivity contribution in [2.45, 2.75) is 39.0 Å². The van der Waals surface area contributed by atoms with E-state index >= 15 is 0 Å². The van der Waals surface area contributed by atoms with Crippen LogP contribution >= 0.6 is 11.6 Å². The van der Waals surface area contributed by atoms with Gasteiger partial charge in [0.05, 0.1) is 17.2 Å². The molecule has 1 heterocycles. The average molecular weight is 444 g/mol. The van der Waals surface area contributed by atoms with Gasteiger partial charge >= 0.3 is 0 Å². The van der Waals surface area contributed by atoms with E-state index in [4.69, 9.17) is 16.3 Å². The van der Waals surface area contributed by atoms with Crippen LogP contribution in [0.15, 0.2) is 36.4 Å². The Bertz CT molecular complexity index is 977. The second kappa shape index (κ2) is 10.8. The van der Waals surface area contributed by atoms with Gasteiger partial charge in [-0.05, 0) is 61.2 Å². The largest absolute Gasteiger partial charge is 0.494 e. The summed E-state index contributed by atoms with van der Waals surface area (Å²) in [5, 5.41) is 8.68. The third-order valence-electron chi connectivity index (χ3n) is 4.82. The SMILES string of the molecule is CCCNC(=O)c1ccc(NC(=O)CCCOc2ccc3c(c2)CCC(=O)N3)cc1Cl. The van der Waals surface area contributed by atoms with Gasteiger partial charge in [-0.25, -0.2) is 0 Å². The topological polar surface area (TPSA) is 96.5 Å². The summed E-state index contributed by atoms with van der Waals surface area (Å²) in [7, 11) is 0. The van der Waals surface area contributed by atoms with Crippen LogP contribution in [0.5, 0.6) is 5.75 Å². The van der Waals surface area contributed by atoms with E-state index in [9.17, 15) is 14.4 Å². The first-order valence-corrected chi connectivity index (χ1v) is 10.8. The molecule has 1 aliphatic rings. The predicted molar refractivity (Wildman–Crippen MR) is 121 cm³/mol. The molecule has 7 nitrogen and oxygen atoms in total. The highest BCUT2D eigenvalue weighted by Crippen LogP contribution is 2.27. The van der Waals surface area contributed by atoms with E-state index in [-0.39, 0.29) is 24.1 Å². The van der Waals surface area contributed by atoms with Crippen LogP contribution in [0, 0.1) is 0 Å². The van der Waals surface area contributed by atoms with E-state index in [1.54, 1.807) is 18.2 Å². The molecule has 0 saturated carbocycles. The number of hydrogen-bond donors (Lipinski definition) is 3. The van der Waals surface area contributed by atoms with Crippen molar-refractivity contribution in [3.8, 4) is 5.75 Å². The standard InChI is InChI=1S/C23H26ClN3O4/c1-2-11-25-23(30)18-8-6-16(14-19(18)24)26-21(28)4-3-12-31-17-7-9-20-15(13-17)5-10-22(29)27-20/h6-9,13-14H,2-5,10-12H2,1H3,(H,25,30)(H,26,28)(H,27,29). The van der Waals surface area contributed by atoms with Crippen LogP contribution in [-0.4, -0.2) is 30.9 Å². The van der Waals surface area contributed by atoms with Gasteiger partial charge in [-0.2, -0.15) is 0 Å². The number of halogens is 1. The van der Waals surface area contributed by atoms with Crippen molar-refractivity contribution in [3.05, 3.63) is 52.5 Å². The number of rotatable bonds is 9. The van der Waals surface area contributed by atoms with E-state index in [0.717, 1.165) is 23.4 Å². The minimum atomic E-state index is -0.230. The predicted octanol–water partition coefficient (Wildman–Crippen LogP) is 4.16. The molecular weight excluding hydrogens is 418 g/mol. The molecule has 0 spiro atoms. The van der Waals surface area contributed by atoms with Crippen molar-refractivity contribution in [2.24, 2.45) is 0 Å². The Balaban J connectivity index is 1.43. The highest BCUT2D eigenvalue weighted by atomic mass is 35.5. The zero-order valence-electron chi connectivity index (χ0n) is 17.4. The number of carbonyl (C=O) groups excluding carboxylic acids is 3. The summed E-state index contributed by atoms with van der Waals surface area (Å²) in [5.41, 5.74) is 2.81. The van der Waals surface area contributed by atoms with Gasteiger partial charge in [-0.1, -0.05) is 18.5 Å². The highest BCUT2D eigenvalue weighted by molar-refractivity contribution is 6.34. The molecule has 0 unspecified atom stereocenters. The summed E-state index contributed by atoms with van der Waals surface area (Å²) < 4.78 is 5.73. The molecule has 2 aromatic carbocycles. The molecule has 0 saturated heterocycles. The summed E-state index contributed by atoms with van der Waals surface area (Å²) in [6, 6.07) is 10.4. The Hall–Kier alpha value is -3.06. The lowest BCUT2D eigenvalue weighted by atomic mass is 10.0. The fourth-order valence-electron chi connectivity index (χ4n) is 3.21. The van der Waals surface area contributed by atoms with Crippen molar-refractivity contribution in [1.82, 2.24) is 5.32 Å². The quantitative estimate of drug-likeness (QED) is 0.507. The number of aryl methyl sites for hydroxylation is 1. The second-order valence-electron chi connectivity index (χ2n) is 7.32. The lowest BCUT2D eigenvalue weighted by Gasteiger charge is -2.17. The zero-order valence-corrected chi connectivity index (χ0v) is 18.2. The van der Waals surface area contributed by atoms with Gasteiger partial charge in [0.2, 0.25) is 11.8 Å². The molecule has 0 bridgehead atoms. The lowest BCUT2D eigenvalue weighted by Crippen LogP contribution is -2.24. The van der Waals surface area contributed by atoms with Crippen LogP contribution in [0.3, 0.4) is 0 Å². The Morgan fingerprint density at radius 3 is 2.77 bits per heavy atom. The fourth-order valence-corrected chi connectivity index (χ4v) is 3.47. The monoisotopic (exact) mass is 443 g/mol. The zero-order chi connectivity index (χ0) is 22.2. The van der Waals surface area contributed by atoms with Crippen LogP contribution in [0.25, 0.3) is 0 Å². The van der Waals surface area contributed by atoms with E-state index in [1.807, 2.05) is 25.1 Å². The van der Waals surface area contributed by atoms with Crippen molar-refractivity contribution in [1.29, 1.82) is 0 Å². The molecular formula is C23H26ClN3O4. The third-order valence-corrected chi connectivity index (χ3v) is 5.13. The Labute approximate surface area is 186 Å². The minimum Gasteiger partial charge on any atom is -0.494 e. The van der Waals surface area contributed by atoms with E-state index < -0.39 is 0 Å². The van der Waals surface area contributed by atoms with Crippen LogP contribution in [-0.2, 0) is 16.0 Å². The number of fused-ring (bicyclic) bond motifs is 1. The van der Waals surface area contributed by atoms with Gasteiger partial charge < -0.3 is 20.7 Å². The maximum atomic E-state index is 12.2. The van der Waals surface area contributed by atoms with Crippen molar-refractivity contribution < 1.29 is 19.1 Å². The summed E-state index contributed by atoms with van der Waals surface area (Å²) in [6.45, 7) is 2.95. The lowest BCUT2D eigenvalue weighted by molar-refractivity contribution is -0.117. The number of benzene rings is 2. The molecule has 0 radical (unpaired) electrons. The molecule has 31 heavy (non-hydrogen) atoms. The molecule has 3 rings (SSSR count). The average Bonchev–Trinajstić information content (AvgIpc) is 2.75. The number of anilines is 2. The molecule has 164 valence electrons. The first-order valence-electron chi connectivity index (χ1n) is 10.4. The van der Waals surface area contributed by atoms with E-state index in [0.29, 0.717) is 48.7 Å². The smallest absolute Gasteiger partial charge is 0.252 e. The first kappa shape index (κ1) is 22.6. The molecule has 0 fully saturated rings. The molecule has 0 aromatic heterocycles. The van der Waals surface area contributed by atoms with Gasteiger partial charge in [0.1, 0.15) is 5.75 Å². The molecule has 2 aromatic rings. The number of nitrogens with one attached hydrogen (secondary N) is 3. The fraction of sp³-hybridized carbons (Fsp3) is 0.348. The Morgan fingerprint density at radius 1 is 1.16 bits per heavy atom. The van der Waals surface area contributed by atoms with Gasteiger partial charge in [0.25, 0.3) is 5.91 Å². The van der Waals surface area contributed by atoms with Crippen molar-refractivity contribution in [2.75, 3.05) is 23.8 Å². The van der Waals surface area contributed by atoms with Gasteiger partial charge in [0, 0.05) is 30.8 Å². The van der Waals surface area contributed by atoms with Crippen LogP contribution < -0.4 is 20.7 Å². The number of ether oxygens (including phenoxy) is 1. The third kappa shape index (κ3) is 6.46. The molecule has 0 atom stereocenters. The molecule has 3 N–H and O–H groups in total. The molecule has 0 aliphatic carbocycles. The molecule has 8 heteroatoms. The first-order chi connectivity index (χ1) is 15.0. The van der Waals surface area contributed by atoms with E-state index in [2.05, 4.69) is 16.0 Å². The molecule has 1 aliphatic heterocycles. The van der Waals surface area contributed by atoms with Gasteiger partial charge in [0.15, 0.2) is 0 Å². The van der Waals surface area contributed by atoms with Crippen LogP contribution in [0.4, 0.5) is 11.4 Å². The van der Waals surface area contributed by atoms with Crippen LogP contribution in [0.2, 0.25) is 5.02 Å². The van der Waals surface area contributed by atoms with Crippen LogP contribution in [0.1, 0.15) is 48.5 Å². The Kier molecular flexibility index (Phi) is 7.89. The van der Waals surface area contributed by atoms with Gasteiger partial charge in [-0.3, -0.25) is 14.4 Å². The number of amides is 3. The number of carbonyl (C=O) groups is 3. The second-order valence-corrected chi connectivity index (χ2v) is 7.73. The van der Waals surface area contributed by atoms with Crippen molar-refractivity contribution >= 4 is 40.7 Å². The van der Waals surface area contributed by atoms with E-state index in [1.165, 1.54) is 0 Å². The van der Waals surface area contributed by atoms with Gasteiger partial charge in [-0.15, -0.1) is 0 Å². The van der Waals surface area contributed by atoms with Crippen molar-refractivity contribution in [3.63, 3.8) is 0 Å². The molecule has 3 amide bonds. The number of hydrogen-bond acceptors (Lipinski definition) is 4. The summed E-state index contributed by atoms with van der Waals surface area (Å²) in [4.78, 5) is 35.6. The summed E-state index contributed by atoms with van der Waals surface area (Å²) in [6.07, 6.45) is 2.85. The normalized spacial score (nSPS) is 12.5. The maximum absolute atomic E-state index is 12.2. The maximum Gasteiger partial charge on any atom is 0.252 e. The summed E-state index contributed by atoms with van der Waals surface area (Å²) >= 11 is 6.18. The highest BCUT2D eigenvalue weighted by Gasteiger charge is 2.15.